The van der Waals surface area contributed by atoms with E-state index in [-0.39, 0.29) is 0 Å². The zero-order chi connectivity index (χ0) is 18.5. The van der Waals surface area contributed by atoms with Gasteiger partial charge in [-0.2, -0.15) is 10.4 Å². The number of hydrogen-bond donors (Lipinski definition) is 1. The van der Waals surface area contributed by atoms with Gasteiger partial charge in [0, 0.05) is 36.5 Å². The van der Waals surface area contributed by atoms with Crippen molar-refractivity contribution in [2.24, 2.45) is 17.6 Å². The molecule has 2 aliphatic rings. The number of nitrogens with zero attached hydrogens (tertiary/aromatic N) is 5. The number of hydrogen-bond acceptors (Lipinski definition) is 6. The molecule has 1 aliphatic heterocycles. The van der Waals surface area contributed by atoms with E-state index in [0.29, 0.717) is 35.8 Å². The Hall–Kier alpha value is -3.11. The molecule has 0 radical (unpaired) electrons. The van der Waals surface area contributed by atoms with Crippen molar-refractivity contribution >= 4 is 11.3 Å². The highest BCUT2D eigenvalue weighted by Gasteiger charge is 2.53. The summed E-state index contributed by atoms with van der Waals surface area (Å²) in [6.45, 7) is 4.48. The Balaban J connectivity index is 1.52. The van der Waals surface area contributed by atoms with Gasteiger partial charge in [-0.3, -0.25) is 0 Å². The SMILES string of the molecule is CCOc1cc(-c2ccc(N3C[C@@H]4C(N)[C@@H]4C3)nc2)c2c(C#N)cnn2c1. The minimum atomic E-state index is 0.376. The van der Waals surface area contributed by atoms with Gasteiger partial charge >= 0.3 is 0 Å². The molecule has 2 N–H and O–H groups in total. The third-order valence-electron chi connectivity index (χ3n) is 5.66. The summed E-state index contributed by atoms with van der Waals surface area (Å²) in [5.74, 6) is 2.94. The first-order valence-electron chi connectivity index (χ1n) is 9.21. The van der Waals surface area contributed by atoms with Crippen LogP contribution in [0.1, 0.15) is 12.5 Å². The second kappa shape index (κ2) is 5.96. The molecule has 2 fully saturated rings. The molecule has 3 aromatic heterocycles. The molecule has 7 heteroatoms. The quantitative estimate of drug-likeness (QED) is 0.766. The first kappa shape index (κ1) is 16.1. The van der Waals surface area contributed by atoms with Gasteiger partial charge in [-0.05, 0) is 37.0 Å². The lowest BCUT2D eigenvalue weighted by atomic mass is 10.1. The monoisotopic (exact) mass is 360 g/mol. The lowest BCUT2D eigenvalue weighted by Gasteiger charge is -2.20. The third-order valence-corrected chi connectivity index (χ3v) is 5.66. The summed E-state index contributed by atoms with van der Waals surface area (Å²) in [7, 11) is 0. The van der Waals surface area contributed by atoms with E-state index in [1.165, 1.54) is 0 Å². The van der Waals surface area contributed by atoms with Crippen LogP contribution in [-0.2, 0) is 0 Å². The fraction of sp³-hybridized carbons (Fsp3) is 0.350. The van der Waals surface area contributed by atoms with Gasteiger partial charge in [-0.15, -0.1) is 0 Å². The van der Waals surface area contributed by atoms with Crippen LogP contribution in [0.3, 0.4) is 0 Å². The van der Waals surface area contributed by atoms with Crippen molar-refractivity contribution in [2.45, 2.75) is 13.0 Å². The van der Waals surface area contributed by atoms with Crippen LogP contribution in [-0.4, -0.2) is 40.3 Å². The Morgan fingerprint density at radius 2 is 2.11 bits per heavy atom. The lowest BCUT2D eigenvalue weighted by Crippen LogP contribution is -2.28. The number of ether oxygens (including phenoxy) is 1. The second-order valence-corrected chi connectivity index (χ2v) is 7.20. The number of fused-ring (bicyclic) bond motifs is 2. The van der Waals surface area contributed by atoms with Gasteiger partial charge < -0.3 is 15.4 Å². The molecule has 4 heterocycles. The van der Waals surface area contributed by atoms with Gasteiger partial charge in [0.2, 0.25) is 0 Å². The number of nitriles is 1. The minimum Gasteiger partial charge on any atom is -0.492 e. The van der Waals surface area contributed by atoms with Gasteiger partial charge in [-0.25, -0.2) is 9.50 Å². The third kappa shape index (κ3) is 2.53. The highest BCUT2D eigenvalue weighted by Crippen LogP contribution is 2.45. The van der Waals surface area contributed by atoms with Crippen LogP contribution < -0.4 is 15.4 Å². The van der Waals surface area contributed by atoms with E-state index in [0.717, 1.165) is 35.6 Å². The average molecular weight is 360 g/mol. The number of piperidine rings is 1. The predicted molar refractivity (Wildman–Crippen MR) is 101 cm³/mol. The number of anilines is 1. The number of nitrogens with two attached hydrogens (primary N) is 1. The van der Waals surface area contributed by atoms with Gasteiger partial charge in [0.05, 0.1) is 30.1 Å². The molecular formula is C20H20N6O. The van der Waals surface area contributed by atoms with Gasteiger partial charge in [0.25, 0.3) is 0 Å². The van der Waals surface area contributed by atoms with E-state index < -0.39 is 0 Å². The van der Waals surface area contributed by atoms with Crippen molar-refractivity contribution in [3.63, 3.8) is 0 Å². The summed E-state index contributed by atoms with van der Waals surface area (Å²) in [6.07, 6.45) is 5.24. The smallest absolute Gasteiger partial charge is 0.138 e. The van der Waals surface area contributed by atoms with Crippen molar-refractivity contribution in [2.75, 3.05) is 24.6 Å². The summed E-state index contributed by atoms with van der Waals surface area (Å²) in [5, 5.41) is 13.7. The molecule has 1 saturated carbocycles. The van der Waals surface area contributed by atoms with Crippen molar-refractivity contribution in [1.29, 1.82) is 5.26 Å². The first-order valence-corrected chi connectivity index (χ1v) is 9.21. The van der Waals surface area contributed by atoms with Crippen LogP contribution in [0.2, 0.25) is 0 Å². The lowest BCUT2D eigenvalue weighted by molar-refractivity contribution is 0.338. The highest BCUT2D eigenvalue weighted by molar-refractivity contribution is 5.85. The van der Waals surface area contributed by atoms with E-state index in [1.54, 1.807) is 16.9 Å². The van der Waals surface area contributed by atoms with E-state index in [2.05, 4.69) is 21.1 Å². The Labute approximate surface area is 157 Å². The van der Waals surface area contributed by atoms with Crippen molar-refractivity contribution in [1.82, 2.24) is 14.6 Å². The molecule has 0 spiro atoms. The standard InChI is InChI=1S/C20H20N6O/c1-2-27-14-5-15(20-13(6-21)8-24-26(20)9-14)12-3-4-18(23-7-12)25-10-16-17(11-25)19(16)22/h3-5,7-9,16-17,19H,2,10-11,22H2,1H3/t16-,17+,19?. The van der Waals surface area contributed by atoms with E-state index in [1.807, 2.05) is 31.3 Å². The normalized spacial score (nSPS) is 23.3. The van der Waals surface area contributed by atoms with Crippen LogP contribution >= 0.6 is 0 Å². The topological polar surface area (TPSA) is 92.5 Å². The molecule has 1 unspecified atom stereocenters. The van der Waals surface area contributed by atoms with Gasteiger partial charge in [0.15, 0.2) is 0 Å². The fourth-order valence-electron chi connectivity index (χ4n) is 4.14. The van der Waals surface area contributed by atoms with E-state index in [4.69, 9.17) is 10.5 Å². The minimum absolute atomic E-state index is 0.376. The number of pyridine rings is 2. The molecule has 1 saturated heterocycles. The molecule has 3 aromatic rings. The highest BCUT2D eigenvalue weighted by atomic mass is 16.5. The maximum absolute atomic E-state index is 9.44. The van der Waals surface area contributed by atoms with Gasteiger partial charge in [-0.1, -0.05) is 0 Å². The average Bonchev–Trinajstić information content (AvgIpc) is 3.09. The Kier molecular flexibility index (Phi) is 3.55. The van der Waals surface area contributed by atoms with Crippen LogP contribution in [0.5, 0.6) is 5.75 Å². The van der Waals surface area contributed by atoms with E-state index >= 15 is 0 Å². The Bertz CT molecular complexity index is 1040. The molecule has 27 heavy (non-hydrogen) atoms. The zero-order valence-electron chi connectivity index (χ0n) is 15.0. The summed E-state index contributed by atoms with van der Waals surface area (Å²) < 4.78 is 7.36. The van der Waals surface area contributed by atoms with Crippen LogP contribution in [0.15, 0.2) is 36.8 Å². The summed E-state index contributed by atoms with van der Waals surface area (Å²) in [5.41, 5.74) is 9.15. The summed E-state index contributed by atoms with van der Waals surface area (Å²) in [4.78, 5) is 6.97. The van der Waals surface area contributed by atoms with Gasteiger partial charge in [0.1, 0.15) is 17.6 Å². The van der Waals surface area contributed by atoms with Crippen LogP contribution in [0, 0.1) is 23.2 Å². The second-order valence-electron chi connectivity index (χ2n) is 7.20. The van der Waals surface area contributed by atoms with Crippen molar-refractivity contribution in [3.8, 4) is 22.9 Å². The molecule has 0 amide bonds. The van der Waals surface area contributed by atoms with Crippen molar-refractivity contribution in [3.05, 3.63) is 42.4 Å². The number of rotatable bonds is 4. The molecule has 1 aliphatic carbocycles. The molecule has 136 valence electrons. The molecule has 5 rings (SSSR count). The van der Waals surface area contributed by atoms with Crippen LogP contribution in [0.25, 0.3) is 16.6 Å². The molecule has 0 aromatic carbocycles. The Morgan fingerprint density at radius 3 is 2.78 bits per heavy atom. The van der Waals surface area contributed by atoms with Crippen LogP contribution in [0.4, 0.5) is 5.82 Å². The summed E-state index contributed by atoms with van der Waals surface area (Å²) in [6, 6.07) is 8.63. The van der Waals surface area contributed by atoms with E-state index in [9.17, 15) is 5.26 Å². The van der Waals surface area contributed by atoms with Crippen molar-refractivity contribution < 1.29 is 4.74 Å². The maximum Gasteiger partial charge on any atom is 0.138 e. The number of aromatic nitrogens is 3. The fourth-order valence-corrected chi connectivity index (χ4v) is 4.14. The Morgan fingerprint density at radius 1 is 1.30 bits per heavy atom. The summed E-state index contributed by atoms with van der Waals surface area (Å²) >= 11 is 0. The molecule has 0 bridgehead atoms. The largest absolute Gasteiger partial charge is 0.492 e. The predicted octanol–water partition coefficient (Wildman–Crippen LogP) is 2.06. The zero-order valence-corrected chi connectivity index (χ0v) is 15.0. The first-order chi connectivity index (χ1) is 13.2. The molecule has 3 atom stereocenters. The molecular weight excluding hydrogens is 340 g/mol. The maximum atomic E-state index is 9.44. The molecule has 7 nitrogen and oxygen atoms in total.